The van der Waals surface area contributed by atoms with Crippen LogP contribution >= 0.6 is 11.8 Å². The first-order valence-electron chi connectivity index (χ1n) is 9.87. The molecule has 0 saturated carbocycles. The monoisotopic (exact) mass is 501 g/mol. The lowest BCUT2D eigenvalue weighted by atomic mass is 10.1. The van der Waals surface area contributed by atoms with E-state index in [1.54, 1.807) is 38.4 Å². The number of thioether (sulfide) groups is 1. The van der Waals surface area contributed by atoms with Crippen LogP contribution in [0.3, 0.4) is 0 Å². The zero-order valence-corrected chi connectivity index (χ0v) is 20.3. The minimum absolute atomic E-state index is 0.550. The molecule has 178 valence electrons. The highest BCUT2D eigenvalue weighted by atomic mass is 32.2. The molecule has 1 N–H and O–H groups in total. The topological polar surface area (TPSA) is 125 Å². The molecule has 0 bridgehead atoms. The molecule has 0 aliphatic carbocycles. The molecule has 0 fully saturated rings. The molecule has 11 heteroatoms. The fourth-order valence-electron chi connectivity index (χ4n) is 2.77. The van der Waals surface area contributed by atoms with Crippen LogP contribution in [0.5, 0.6) is 11.6 Å². The molecule has 0 radical (unpaired) electrons. The van der Waals surface area contributed by atoms with Crippen molar-refractivity contribution >= 4 is 21.9 Å². The summed E-state index contributed by atoms with van der Waals surface area (Å²) in [7, 11) is -0.432. The summed E-state index contributed by atoms with van der Waals surface area (Å²) in [4.78, 5) is 13.4. The smallest absolute Gasteiger partial charge is 0.261 e. The van der Waals surface area contributed by atoms with Gasteiger partial charge in [-0.25, -0.2) is 15.0 Å². The van der Waals surface area contributed by atoms with Crippen molar-refractivity contribution < 1.29 is 26.9 Å². The van der Waals surface area contributed by atoms with Crippen LogP contribution in [0.25, 0.3) is 22.6 Å². The predicted molar refractivity (Wildman–Crippen MR) is 130 cm³/mol. The lowest BCUT2D eigenvalue weighted by Gasteiger charge is -2.04. The number of rotatable bonds is 7. The average Bonchev–Trinajstić information content (AvgIpc) is 3.27. The number of pyridine rings is 2. The Morgan fingerprint density at radius 1 is 0.971 bits per heavy atom. The predicted octanol–water partition coefficient (Wildman–Crippen LogP) is 4.61. The van der Waals surface area contributed by atoms with Gasteiger partial charge in [-0.3, -0.25) is 4.55 Å². The summed E-state index contributed by atoms with van der Waals surface area (Å²) < 4.78 is 42.4. The van der Waals surface area contributed by atoms with Crippen LogP contribution in [0.2, 0.25) is 0 Å². The van der Waals surface area contributed by atoms with Crippen molar-refractivity contribution in [2.75, 3.05) is 20.5 Å². The fourth-order valence-corrected chi connectivity index (χ4v) is 3.47. The largest absolute Gasteiger partial charge is 0.497 e. The minimum Gasteiger partial charge on any atom is -0.497 e. The molecule has 0 aliphatic heterocycles. The average molecular weight is 502 g/mol. The van der Waals surface area contributed by atoms with Gasteiger partial charge in [0, 0.05) is 29.6 Å². The van der Waals surface area contributed by atoms with E-state index in [9.17, 15) is 8.42 Å². The summed E-state index contributed by atoms with van der Waals surface area (Å²) in [5.41, 5.74) is 2.51. The van der Waals surface area contributed by atoms with Gasteiger partial charge in [0.2, 0.25) is 11.8 Å². The van der Waals surface area contributed by atoms with E-state index in [0.717, 1.165) is 27.6 Å². The Morgan fingerprint density at radius 2 is 1.68 bits per heavy atom. The third kappa shape index (κ3) is 7.58. The van der Waals surface area contributed by atoms with Gasteiger partial charge in [-0.05, 0) is 42.5 Å². The van der Waals surface area contributed by atoms with Crippen molar-refractivity contribution in [2.45, 2.75) is 10.8 Å². The molecule has 0 saturated heterocycles. The second-order valence-electron chi connectivity index (χ2n) is 6.79. The Bertz CT molecular complexity index is 1220. The van der Waals surface area contributed by atoms with Gasteiger partial charge in [0.05, 0.1) is 31.3 Å². The first-order chi connectivity index (χ1) is 16.3. The van der Waals surface area contributed by atoms with Crippen molar-refractivity contribution in [1.82, 2.24) is 15.0 Å². The highest BCUT2D eigenvalue weighted by molar-refractivity contribution is 7.98. The van der Waals surface area contributed by atoms with E-state index in [0.29, 0.717) is 29.5 Å². The van der Waals surface area contributed by atoms with Gasteiger partial charge in [0.25, 0.3) is 10.1 Å². The third-order valence-corrected chi connectivity index (χ3v) is 5.15. The molecule has 0 aliphatic rings. The Hall–Kier alpha value is -3.41. The molecular formula is C23H23N3O6S2. The van der Waals surface area contributed by atoms with Crippen LogP contribution in [-0.4, -0.2) is 48.4 Å². The van der Waals surface area contributed by atoms with Gasteiger partial charge >= 0.3 is 0 Å². The molecule has 3 heterocycles. The molecule has 3 aromatic heterocycles. The van der Waals surface area contributed by atoms with Gasteiger partial charge in [0.1, 0.15) is 11.4 Å². The van der Waals surface area contributed by atoms with Gasteiger partial charge in [0.15, 0.2) is 5.76 Å². The Kier molecular flexibility index (Phi) is 8.63. The number of nitrogens with zero attached hydrogens (tertiary/aromatic N) is 3. The van der Waals surface area contributed by atoms with Gasteiger partial charge in [-0.15, -0.1) is 0 Å². The summed E-state index contributed by atoms with van der Waals surface area (Å²) in [5.74, 6) is 3.22. The van der Waals surface area contributed by atoms with E-state index >= 15 is 0 Å². The fraction of sp³-hybridized carbons (Fsp3) is 0.174. The van der Waals surface area contributed by atoms with Gasteiger partial charge in [-0.2, -0.15) is 8.42 Å². The number of benzene rings is 1. The molecule has 0 atom stereocenters. The summed E-state index contributed by atoms with van der Waals surface area (Å²) in [6, 6.07) is 17.3. The second-order valence-corrected chi connectivity index (χ2v) is 9.25. The molecule has 4 aromatic rings. The maximum atomic E-state index is 9.19. The highest BCUT2D eigenvalue weighted by Crippen LogP contribution is 2.35. The highest BCUT2D eigenvalue weighted by Gasteiger charge is 2.18. The van der Waals surface area contributed by atoms with E-state index in [1.807, 2.05) is 54.6 Å². The molecule has 4 rings (SSSR count). The van der Waals surface area contributed by atoms with Crippen LogP contribution in [0.1, 0.15) is 5.89 Å². The van der Waals surface area contributed by atoms with E-state index in [1.165, 1.54) is 0 Å². The number of aromatic nitrogens is 3. The van der Waals surface area contributed by atoms with Crippen LogP contribution < -0.4 is 9.47 Å². The molecule has 34 heavy (non-hydrogen) atoms. The first kappa shape index (κ1) is 25.2. The van der Waals surface area contributed by atoms with Crippen molar-refractivity contribution in [3.05, 3.63) is 72.9 Å². The van der Waals surface area contributed by atoms with Crippen molar-refractivity contribution in [2.24, 2.45) is 0 Å². The summed E-state index contributed by atoms with van der Waals surface area (Å²) in [5, 5.41) is 0.921. The van der Waals surface area contributed by atoms with Crippen molar-refractivity contribution in [3.8, 4) is 34.2 Å². The zero-order chi connectivity index (χ0) is 24.6. The number of hydrogen-bond acceptors (Lipinski definition) is 9. The normalized spacial score (nSPS) is 10.8. The third-order valence-electron chi connectivity index (χ3n) is 4.22. The Balaban J connectivity index is 0.000000588. The van der Waals surface area contributed by atoms with Crippen LogP contribution in [-0.2, 0) is 15.9 Å². The number of ether oxygens (including phenoxy) is 2. The number of oxazole rings is 1. The molecule has 0 unspecified atom stereocenters. The van der Waals surface area contributed by atoms with Crippen molar-refractivity contribution in [1.29, 1.82) is 0 Å². The number of hydrogen-bond donors (Lipinski definition) is 1. The van der Waals surface area contributed by atoms with Crippen LogP contribution in [0.4, 0.5) is 0 Å². The zero-order valence-electron chi connectivity index (χ0n) is 18.7. The first-order valence-corrected chi connectivity index (χ1v) is 12.7. The Morgan fingerprint density at radius 3 is 2.24 bits per heavy atom. The van der Waals surface area contributed by atoms with Crippen LogP contribution in [0, 0.1) is 0 Å². The van der Waals surface area contributed by atoms with E-state index in [2.05, 4.69) is 9.97 Å². The molecular weight excluding hydrogens is 478 g/mol. The maximum Gasteiger partial charge on any atom is 0.261 e. The molecule has 0 spiro atoms. The van der Waals surface area contributed by atoms with E-state index < -0.39 is 10.1 Å². The van der Waals surface area contributed by atoms with E-state index in [4.69, 9.17) is 23.4 Å². The Labute approximate surface area is 202 Å². The quantitative estimate of drug-likeness (QED) is 0.283. The van der Waals surface area contributed by atoms with Gasteiger partial charge < -0.3 is 13.9 Å². The number of methoxy groups -OCH3 is 2. The minimum atomic E-state index is -3.67. The SMILES string of the molecule is COc1ccc(-c2oc(CSc3ccccn3)nc2-c2ccc(OC)nc2)cc1.CS(=O)(=O)O. The van der Waals surface area contributed by atoms with Crippen molar-refractivity contribution in [3.63, 3.8) is 0 Å². The van der Waals surface area contributed by atoms with E-state index in [-0.39, 0.29) is 0 Å². The second kappa shape index (κ2) is 11.6. The molecule has 1 aromatic carbocycles. The summed E-state index contributed by atoms with van der Waals surface area (Å²) in [6.45, 7) is 0. The maximum absolute atomic E-state index is 9.19. The standard InChI is InChI=1S/C22H19N3O3S.CH4O3S/c1-26-17-9-6-15(7-10-17)22-21(16-8-11-18(27-2)24-13-16)25-19(28-22)14-29-20-5-3-4-12-23-20;1-5(2,3)4/h3-13H,14H2,1-2H3;1H3,(H,2,3,4). The lowest BCUT2D eigenvalue weighted by molar-refractivity contribution is 0.398. The lowest BCUT2D eigenvalue weighted by Crippen LogP contribution is -1.89. The van der Waals surface area contributed by atoms with Gasteiger partial charge in [-0.1, -0.05) is 17.8 Å². The molecule has 9 nitrogen and oxygen atoms in total. The molecule has 0 amide bonds. The van der Waals surface area contributed by atoms with Crippen LogP contribution in [0.15, 0.2) is 76.4 Å². The summed E-state index contributed by atoms with van der Waals surface area (Å²) in [6.07, 6.45) is 4.22. The summed E-state index contributed by atoms with van der Waals surface area (Å²) >= 11 is 1.58.